The summed E-state index contributed by atoms with van der Waals surface area (Å²) in [6.45, 7) is 4.43. The van der Waals surface area contributed by atoms with Gasteiger partial charge in [-0.2, -0.15) is 0 Å². The molecule has 73 valence electrons. The summed E-state index contributed by atoms with van der Waals surface area (Å²) in [4.78, 5) is 0. The number of fused-ring (bicyclic) bond motifs is 1. The molecular formula is C11H11Cl2Zr. The molecule has 0 aromatic heterocycles. The van der Waals surface area contributed by atoms with Gasteiger partial charge in [0.2, 0.25) is 0 Å². The number of allylic oxidation sites excluding steroid dienone is 1. The molecule has 3 heteroatoms. The van der Waals surface area contributed by atoms with E-state index in [1.54, 1.807) is 24.7 Å². The molecule has 0 fully saturated rings. The first-order chi connectivity index (χ1) is 5.70. The van der Waals surface area contributed by atoms with Crippen molar-refractivity contribution >= 4 is 6.08 Å². The van der Waals surface area contributed by atoms with Crippen molar-refractivity contribution in [3.63, 3.8) is 0 Å². The predicted molar refractivity (Wildman–Crippen MR) is 47.6 cm³/mol. The summed E-state index contributed by atoms with van der Waals surface area (Å²) >= 11 is 1.61. The van der Waals surface area contributed by atoms with Gasteiger partial charge in [-0.05, 0) is 0 Å². The smallest absolute Gasteiger partial charge is 1.00 e. The van der Waals surface area contributed by atoms with Gasteiger partial charge in [0, 0.05) is 0 Å². The quantitative estimate of drug-likeness (QED) is 0.480. The third kappa shape index (κ3) is 2.32. The Hall–Kier alpha value is 0.423. The summed E-state index contributed by atoms with van der Waals surface area (Å²) in [5, 5.41) is 0. The van der Waals surface area contributed by atoms with Crippen molar-refractivity contribution < 1.29 is 49.5 Å². The van der Waals surface area contributed by atoms with Crippen LogP contribution in [0.4, 0.5) is 0 Å². The zero-order chi connectivity index (χ0) is 8.72. The van der Waals surface area contributed by atoms with Crippen LogP contribution in [0.1, 0.15) is 27.2 Å². The number of halogens is 2. The molecule has 1 aliphatic rings. The van der Waals surface area contributed by atoms with E-state index in [-0.39, 0.29) is 24.8 Å². The van der Waals surface area contributed by atoms with Crippen molar-refractivity contribution in [2.75, 3.05) is 0 Å². The van der Waals surface area contributed by atoms with Crippen molar-refractivity contribution in [3.8, 4) is 0 Å². The Morgan fingerprint density at radius 1 is 1.14 bits per heavy atom. The third-order valence-corrected chi connectivity index (χ3v) is 4.38. The number of rotatable bonds is 0. The Kier molecular flexibility index (Phi) is 5.66. The summed E-state index contributed by atoms with van der Waals surface area (Å²) in [5.74, 6) is 0. The van der Waals surface area contributed by atoms with Crippen LogP contribution in [0.25, 0.3) is 6.08 Å². The molecule has 1 aromatic rings. The summed E-state index contributed by atoms with van der Waals surface area (Å²) < 4.78 is 0.715. The van der Waals surface area contributed by atoms with Gasteiger partial charge >= 0.3 is 88.7 Å². The van der Waals surface area contributed by atoms with Gasteiger partial charge in [0.1, 0.15) is 0 Å². The Morgan fingerprint density at radius 2 is 1.79 bits per heavy atom. The Balaban J connectivity index is 0.000000845. The second-order valence-electron chi connectivity index (χ2n) is 3.40. The molecule has 1 aromatic carbocycles. The molecule has 1 unspecified atom stereocenters. The summed E-state index contributed by atoms with van der Waals surface area (Å²) in [6, 6.07) is 6.61. The Morgan fingerprint density at radius 3 is 2.36 bits per heavy atom. The minimum atomic E-state index is 0. The van der Waals surface area contributed by atoms with Gasteiger partial charge in [0.25, 0.3) is 0 Å². The fourth-order valence-electron chi connectivity index (χ4n) is 1.71. The maximum atomic E-state index is 2.34. The van der Waals surface area contributed by atoms with Crippen LogP contribution in [0.15, 0.2) is 23.8 Å². The topological polar surface area (TPSA) is 0 Å². The maximum Gasteiger partial charge on any atom is -1.00 e. The molecule has 0 aliphatic heterocycles. The molecular weight excluding hydrogens is 294 g/mol. The van der Waals surface area contributed by atoms with Crippen molar-refractivity contribution in [1.29, 1.82) is 0 Å². The van der Waals surface area contributed by atoms with Gasteiger partial charge in [-0.1, -0.05) is 0 Å². The normalized spacial score (nSPS) is 17.7. The molecule has 0 bridgehead atoms. The van der Waals surface area contributed by atoms with E-state index in [0.717, 1.165) is 0 Å². The van der Waals surface area contributed by atoms with E-state index in [4.69, 9.17) is 0 Å². The Labute approximate surface area is 113 Å². The van der Waals surface area contributed by atoms with Gasteiger partial charge in [-0.15, -0.1) is 0 Å². The maximum absolute atomic E-state index is 2.34. The molecule has 1 atom stereocenters. The first-order valence-electron chi connectivity index (χ1n) is 4.19. The summed E-state index contributed by atoms with van der Waals surface area (Å²) in [6.07, 6.45) is 2.34. The van der Waals surface area contributed by atoms with Crippen molar-refractivity contribution in [2.45, 2.75) is 17.5 Å². The number of hydrogen-bond donors (Lipinski definition) is 0. The number of aryl methyl sites for hydroxylation is 1. The van der Waals surface area contributed by atoms with E-state index < -0.39 is 0 Å². The first-order valence-corrected chi connectivity index (χ1v) is 5.61. The molecule has 0 N–H and O–H groups in total. The van der Waals surface area contributed by atoms with Gasteiger partial charge in [0.05, 0.1) is 0 Å². The molecule has 0 spiro atoms. The van der Waals surface area contributed by atoms with Crippen LogP contribution in [0.2, 0.25) is 0 Å². The zero-order valence-electron chi connectivity index (χ0n) is 8.14. The molecule has 0 saturated carbocycles. The number of hydrogen-bond acceptors (Lipinski definition) is 0. The standard InChI is InChI=1S/C11H11.2ClH.Zr/c1-8-6-10-5-3-4-9(2)11(10)7-8;;;/h3-7H,1-2H3;2*1H;/q;;;+2/p-2. The van der Waals surface area contributed by atoms with Crippen molar-refractivity contribution in [1.82, 2.24) is 0 Å². The van der Waals surface area contributed by atoms with Crippen LogP contribution in [0.5, 0.6) is 0 Å². The average molecular weight is 305 g/mol. The predicted octanol–water partition coefficient (Wildman–Crippen LogP) is -2.99. The molecule has 1 aliphatic carbocycles. The molecule has 0 heterocycles. The SMILES string of the molecule is CC1=Cc2c(C)cccc2[CH]1[Zr+2].[Cl-].[Cl-]. The van der Waals surface area contributed by atoms with Crippen LogP contribution >= 0.6 is 0 Å². The first kappa shape index (κ1) is 14.4. The second-order valence-corrected chi connectivity index (χ2v) is 4.82. The van der Waals surface area contributed by atoms with Gasteiger partial charge < -0.3 is 24.8 Å². The third-order valence-electron chi connectivity index (χ3n) is 2.50. The van der Waals surface area contributed by atoms with Crippen LogP contribution < -0.4 is 24.8 Å². The van der Waals surface area contributed by atoms with E-state index in [1.165, 1.54) is 22.3 Å². The monoisotopic (exact) mass is 303 g/mol. The van der Waals surface area contributed by atoms with Crippen molar-refractivity contribution in [2.24, 2.45) is 0 Å². The minimum absolute atomic E-state index is 0. The van der Waals surface area contributed by atoms with E-state index >= 15 is 0 Å². The largest absolute Gasteiger partial charge is 1.00 e. The zero-order valence-corrected chi connectivity index (χ0v) is 12.1. The molecule has 14 heavy (non-hydrogen) atoms. The fourth-order valence-corrected chi connectivity index (χ4v) is 2.53. The van der Waals surface area contributed by atoms with E-state index in [0.29, 0.717) is 3.63 Å². The molecule has 0 nitrogen and oxygen atoms in total. The van der Waals surface area contributed by atoms with Crippen LogP contribution in [-0.2, 0) is 24.7 Å². The molecule has 2 rings (SSSR count). The summed E-state index contributed by atoms with van der Waals surface area (Å²) in [5.41, 5.74) is 5.94. The van der Waals surface area contributed by atoms with Gasteiger partial charge in [0.15, 0.2) is 0 Å². The molecule has 0 radical (unpaired) electrons. The fraction of sp³-hybridized carbons (Fsp3) is 0.273. The minimum Gasteiger partial charge on any atom is -1.00 e. The molecule has 0 saturated heterocycles. The second kappa shape index (κ2) is 5.49. The molecule has 0 amide bonds. The number of benzene rings is 1. The van der Waals surface area contributed by atoms with Gasteiger partial charge in [-0.3, -0.25) is 0 Å². The average Bonchev–Trinajstić information content (AvgIpc) is 2.32. The van der Waals surface area contributed by atoms with Crippen LogP contribution in [0.3, 0.4) is 0 Å². The van der Waals surface area contributed by atoms with E-state index in [9.17, 15) is 0 Å². The van der Waals surface area contributed by atoms with Crippen LogP contribution in [-0.4, -0.2) is 0 Å². The van der Waals surface area contributed by atoms with E-state index in [1.807, 2.05) is 0 Å². The van der Waals surface area contributed by atoms with Gasteiger partial charge in [-0.25, -0.2) is 0 Å². The van der Waals surface area contributed by atoms with Crippen LogP contribution in [0, 0.1) is 6.92 Å². The summed E-state index contributed by atoms with van der Waals surface area (Å²) in [7, 11) is 0. The van der Waals surface area contributed by atoms with E-state index in [2.05, 4.69) is 38.1 Å². The Bertz CT molecular complexity index is 358. The van der Waals surface area contributed by atoms with Crippen molar-refractivity contribution in [3.05, 3.63) is 40.5 Å².